The average molecular weight is 188 g/mol. The lowest BCUT2D eigenvalue weighted by Gasteiger charge is -2.29. The lowest BCUT2D eigenvalue weighted by atomic mass is 9.88. The highest BCUT2D eigenvalue weighted by molar-refractivity contribution is 7.82. The third-order valence-corrected chi connectivity index (χ3v) is 2.97. The molecule has 0 heterocycles. The zero-order valence-electron chi connectivity index (χ0n) is 7.51. The molecule has 0 unspecified atom stereocenters. The maximum atomic E-state index is 11.4. The number of hydrogen-bond donors (Lipinski definition) is 1. The zero-order chi connectivity index (χ0) is 9.03. The van der Waals surface area contributed by atoms with Crippen molar-refractivity contribution >= 4 is 18.6 Å². The highest BCUT2D eigenvalue weighted by Gasteiger charge is 2.36. The van der Waals surface area contributed by atoms with Gasteiger partial charge in [0.2, 0.25) is 0 Å². The van der Waals surface area contributed by atoms with Gasteiger partial charge in [-0.05, 0) is 19.8 Å². The van der Waals surface area contributed by atoms with E-state index < -0.39 is 4.75 Å². The molecule has 0 radical (unpaired) electrons. The second-order valence-electron chi connectivity index (χ2n) is 3.31. The third-order valence-electron chi connectivity index (χ3n) is 2.34. The van der Waals surface area contributed by atoms with Crippen LogP contribution in [0.3, 0.4) is 0 Å². The van der Waals surface area contributed by atoms with Crippen LogP contribution in [0.15, 0.2) is 0 Å². The number of hydrogen-bond acceptors (Lipinski definition) is 3. The van der Waals surface area contributed by atoms with Crippen molar-refractivity contribution in [1.29, 1.82) is 0 Å². The summed E-state index contributed by atoms with van der Waals surface area (Å²) in [6.45, 7) is 2.29. The minimum atomic E-state index is -0.478. The fraction of sp³-hybridized carbons (Fsp3) is 0.889. The molecule has 3 heteroatoms. The smallest absolute Gasteiger partial charge is 0.321 e. The molecule has 0 aromatic heterocycles. The van der Waals surface area contributed by atoms with Crippen LogP contribution in [0.1, 0.15) is 39.0 Å². The minimum Gasteiger partial charge on any atom is -0.465 e. The number of rotatable bonds is 2. The van der Waals surface area contributed by atoms with Gasteiger partial charge >= 0.3 is 5.97 Å². The number of esters is 1. The van der Waals surface area contributed by atoms with Gasteiger partial charge in [0, 0.05) is 0 Å². The standard InChI is InChI=1S/C9H16O2S/c1-2-11-8(10)9(12)6-4-3-5-7-9/h12H,2-7H2,1H3. The van der Waals surface area contributed by atoms with Crippen molar-refractivity contribution in [3.8, 4) is 0 Å². The quantitative estimate of drug-likeness (QED) is 0.531. The first kappa shape index (κ1) is 9.90. The van der Waals surface area contributed by atoms with Gasteiger partial charge < -0.3 is 4.74 Å². The zero-order valence-corrected chi connectivity index (χ0v) is 8.40. The van der Waals surface area contributed by atoms with Gasteiger partial charge in [-0.1, -0.05) is 19.3 Å². The van der Waals surface area contributed by atoms with Crippen molar-refractivity contribution in [2.75, 3.05) is 6.61 Å². The summed E-state index contributed by atoms with van der Waals surface area (Å²) in [5.74, 6) is -0.131. The lowest BCUT2D eigenvalue weighted by molar-refractivity contribution is -0.146. The van der Waals surface area contributed by atoms with Crippen LogP contribution in [-0.2, 0) is 9.53 Å². The van der Waals surface area contributed by atoms with Crippen LogP contribution in [0.25, 0.3) is 0 Å². The number of thiol groups is 1. The molecule has 0 saturated heterocycles. The van der Waals surface area contributed by atoms with Gasteiger partial charge in [-0.3, -0.25) is 4.79 Å². The molecule has 0 atom stereocenters. The van der Waals surface area contributed by atoms with E-state index in [1.165, 1.54) is 6.42 Å². The molecule has 0 bridgehead atoms. The van der Waals surface area contributed by atoms with Gasteiger partial charge in [0.05, 0.1) is 6.61 Å². The van der Waals surface area contributed by atoms with E-state index >= 15 is 0 Å². The maximum Gasteiger partial charge on any atom is 0.321 e. The first-order chi connectivity index (χ1) is 5.69. The van der Waals surface area contributed by atoms with Gasteiger partial charge in [-0.25, -0.2) is 0 Å². The third kappa shape index (κ3) is 2.16. The van der Waals surface area contributed by atoms with Crippen LogP contribution in [0.2, 0.25) is 0 Å². The van der Waals surface area contributed by atoms with Crippen molar-refractivity contribution in [1.82, 2.24) is 0 Å². The molecule has 2 nitrogen and oxygen atoms in total. The Morgan fingerprint density at radius 2 is 2.00 bits per heavy atom. The Hall–Kier alpha value is -0.180. The fourth-order valence-electron chi connectivity index (χ4n) is 1.61. The summed E-state index contributed by atoms with van der Waals surface area (Å²) in [6, 6.07) is 0. The second kappa shape index (κ2) is 4.17. The molecule has 0 aromatic carbocycles. The van der Waals surface area contributed by atoms with E-state index in [9.17, 15) is 4.79 Å². The van der Waals surface area contributed by atoms with Gasteiger partial charge in [0.25, 0.3) is 0 Å². The van der Waals surface area contributed by atoms with Crippen molar-refractivity contribution in [3.63, 3.8) is 0 Å². The van der Waals surface area contributed by atoms with Crippen molar-refractivity contribution in [2.45, 2.75) is 43.8 Å². The fourth-order valence-corrected chi connectivity index (χ4v) is 1.99. The number of carbonyl (C=O) groups is 1. The summed E-state index contributed by atoms with van der Waals surface area (Å²) in [4.78, 5) is 11.4. The Balaban J connectivity index is 2.50. The highest BCUT2D eigenvalue weighted by atomic mass is 32.1. The summed E-state index contributed by atoms with van der Waals surface area (Å²) in [6.07, 6.45) is 5.16. The van der Waals surface area contributed by atoms with E-state index in [4.69, 9.17) is 4.74 Å². The molecule has 0 amide bonds. The number of carbonyl (C=O) groups excluding carboxylic acids is 1. The Kier molecular flexibility index (Phi) is 3.44. The van der Waals surface area contributed by atoms with E-state index in [1.54, 1.807) is 0 Å². The molecule has 1 rings (SSSR count). The minimum absolute atomic E-state index is 0.131. The number of ether oxygens (including phenoxy) is 1. The summed E-state index contributed by atoms with van der Waals surface area (Å²) in [5.41, 5.74) is 0. The normalized spacial score (nSPS) is 21.8. The summed E-state index contributed by atoms with van der Waals surface area (Å²) >= 11 is 4.40. The van der Waals surface area contributed by atoms with Crippen LogP contribution < -0.4 is 0 Å². The Morgan fingerprint density at radius 1 is 1.42 bits per heavy atom. The van der Waals surface area contributed by atoms with E-state index in [0.717, 1.165) is 25.7 Å². The topological polar surface area (TPSA) is 26.3 Å². The van der Waals surface area contributed by atoms with Crippen LogP contribution in [-0.4, -0.2) is 17.3 Å². The first-order valence-corrected chi connectivity index (χ1v) is 5.03. The van der Waals surface area contributed by atoms with E-state index in [1.807, 2.05) is 6.92 Å². The van der Waals surface area contributed by atoms with E-state index in [0.29, 0.717) is 6.61 Å². The van der Waals surface area contributed by atoms with Gasteiger partial charge in [-0.15, -0.1) is 0 Å². The van der Waals surface area contributed by atoms with Gasteiger partial charge in [0.1, 0.15) is 4.75 Å². The van der Waals surface area contributed by atoms with Crippen LogP contribution >= 0.6 is 12.6 Å². The van der Waals surface area contributed by atoms with Crippen molar-refractivity contribution in [3.05, 3.63) is 0 Å². The maximum absolute atomic E-state index is 11.4. The van der Waals surface area contributed by atoms with Crippen molar-refractivity contribution in [2.24, 2.45) is 0 Å². The molecule has 1 saturated carbocycles. The summed E-state index contributed by atoms with van der Waals surface area (Å²) in [7, 11) is 0. The van der Waals surface area contributed by atoms with Crippen LogP contribution in [0, 0.1) is 0 Å². The molecular weight excluding hydrogens is 172 g/mol. The molecule has 12 heavy (non-hydrogen) atoms. The monoisotopic (exact) mass is 188 g/mol. The second-order valence-corrected chi connectivity index (χ2v) is 4.17. The average Bonchev–Trinajstić information content (AvgIpc) is 2.06. The molecule has 0 N–H and O–H groups in total. The lowest BCUT2D eigenvalue weighted by Crippen LogP contribution is -2.36. The molecule has 0 spiro atoms. The summed E-state index contributed by atoms with van der Waals surface area (Å²) < 4.78 is 4.49. The molecular formula is C9H16O2S. The Labute approximate surface area is 79.1 Å². The molecule has 70 valence electrons. The largest absolute Gasteiger partial charge is 0.465 e. The predicted molar refractivity (Wildman–Crippen MR) is 51.4 cm³/mol. The summed E-state index contributed by atoms with van der Waals surface area (Å²) in [5, 5.41) is 0. The predicted octanol–water partition coefficient (Wildman–Crippen LogP) is 2.18. The van der Waals surface area contributed by atoms with E-state index in [2.05, 4.69) is 12.6 Å². The van der Waals surface area contributed by atoms with Crippen LogP contribution in [0.4, 0.5) is 0 Å². The highest BCUT2D eigenvalue weighted by Crippen LogP contribution is 2.34. The Morgan fingerprint density at radius 3 is 2.50 bits per heavy atom. The molecule has 1 fully saturated rings. The first-order valence-electron chi connectivity index (χ1n) is 4.58. The molecule has 1 aliphatic carbocycles. The van der Waals surface area contributed by atoms with Gasteiger partial charge in [-0.2, -0.15) is 12.6 Å². The molecule has 1 aliphatic rings. The molecule has 0 aromatic rings. The van der Waals surface area contributed by atoms with Crippen LogP contribution in [0.5, 0.6) is 0 Å². The van der Waals surface area contributed by atoms with E-state index in [-0.39, 0.29) is 5.97 Å². The van der Waals surface area contributed by atoms with Crippen molar-refractivity contribution < 1.29 is 9.53 Å². The molecule has 0 aliphatic heterocycles. The Bertz CT molecular complexity index is 162. The van der Waals surface area contributed by atoms with Gasteiger partial charge in [0.15, 0.2) is 0 Å². The SMILES string of the molecule is CCOC(=O)C1(S)CCCCC1.